The molecule has 166 valence electrons. The number of allylic oxidation sites excluding steroid dienone is 1. The van der Waals surface area contributed by atoms with E-state index in [0.29, 0.717) is 0 Å². The largest absolute Gasteiger partial charge is 0.356 e. The first-order chi connectivity index (χ1) is 15.2. The fraction of sp³-hybridized carbons (Fsp3) is 0.536. The minimum atomic E-state index is 0.770. The van der Waals surface area contributed by atoms with Gasteiger partial charge < -0.3 is 9.80 Å². The first-order valence-electron chi connectivity index (χ1n) is 12.4. The van der Waals surface area contributed by atoms with E-state index in [1.54, 1.807) is 0 Å². The number of unbranched alkanes of at least 4 members (excludes halogenated alkanes) is 2. The second-order valence-electron chi connectivity index (χ2n) is 9.41. The highest BCUT2D eigenvalue weighted by atomic mass is 15.2. The smallest absolute Gasteiger partial charge is 0.129 e. The van der Waals surface area contributed by atoms with Gasteiger partial charge in [0.25, 0.3) is 0 Å². The Bertz CT molecular complexity index is 859. The van der Waals surface area contributed by atoms with Crippen LogP contribution in [0.15, 0.2) is 43.0 Å². The van der Waals surface area contributed by atoms with Crippen molar-refractivity contribution in [2.75, 3.05) is 31.1 Å². The van der Waals surface area contributed by atoms with Crippen LogP contribution in [0.2, 0.25) is 0 Å². The van der Waals surface area contributed by atoms with Gasteiger partial charge in [0.15, 0.2) is 0 Å². The molecule has 3 heteroatoms. The van der Waals surface area contributed by atoms with Crippen molar-refractivity contribution in [3.8, 4) is 11.1 Å². The molecule has 2 aromatic rings. The van der Waals surface area contributed by atoms with Gasteiger partial charge >= 0.3 is 0 Å². The van der Waals surface area contributed by atoms with Crippen molar-refractivity contribution in [2.24, 2.45) is 0 Å². The van der Waals surface area contributed by atoms with Gasteiger partial charge in [-0.25, -0.2) is 4.98 Å². The Balaban J connectivity index is 1.64. The molecular weight excluding hydrogens is 378 g/mol. The van der Waals surface area contributed by atoms with Gasteiger partial charge in [-0.3, -0.25) is 0 Å². The Kier molecular flexibility index (Phi) is 7.45. The van der Waals surface area contributed by atoms with Gasteiger partial charge in [-0.2, -0.15) is 0 Å². The van der Waals surface area contributed by atoms with Crippen LogP contribution in [0, 0.1) is 0 Å². The van der Waals surface area contributed by atoms with E-state index in [-0.39, 0.29) is 0 Å². The lowest BCUT2D eigenvalue weighted by atomic mass is 9.92. The fourth-order valence-electron chi connectivity index (χ4n) is 5.36. The number of pyridine rings is 1. The maximum Gasteiger partial charge on any atom is 0.129 e. The molecule has 0 bridgehead atoms. The standard InChI is InChI=1S/C28H39N3/c1-4-5-7-14-26-28(22(2)3)25(23-12-8-6-9-13-23)21-27(29-26)31-19-15-24(16-20-31)30-17-10-11-18-30/h6,8-9,12-13,21,24H,2,4-5,7,10-11,14-20H2,1,3H3. The van der Waals surface area contributed by atoms with E-state index in [2.05, 4.69) is 66.6 Å². The van der Waals surface area contributed by atoms with E-state index in [0.717, 1.165) is 36.9 Å². The molecule has 4 rings (SSSR count). The van der Waals surface area contributed by atoms with Crippen molar-refractivity contribution < 1.29 is 0 Å². The average molecular weight is 418 g/mol. The summed E-state index contributed by atoms with van der Waals surface area (Å²) in [5.41, 5.74) is 6.19. The number of hydrogen-bond acceptors (Lipinski definition) is 3. The fourth-order valence-corrected chi connectivity index (χ4v) is 5.36. The van der Waals surface area contributed by atoms with Crippen LogP contribution in [-0.2, 0) is 6.42 Å². The SMILES string of the molecule is C=C(C)c1c(-c2ccccc2)cc(N2CCC(N3CCCC3)CC2)nc1CCCCC. The van der Waals surface area contributed by atoms with Crippen molar-refractivity contribution in [1.29, 1.82) is 0 Å². The maximum atomic E-state index is 5.25. The van der Waals surface area contributed by atoms with Gasteiger partial charge in [0, 0.05) is 24.7 Å². The van der Waals surface area contributed by atoms with Gasteiger partial charge in [-0.1, -0.05) is 56.7 Å². The molecule has 0 unspecified atom stereocenters. The van der Waals surface area contributed by atoms with Gasteiger partial charge in [0.2, 0.25) is 0 Å². The number of likely N-dealkylation sites (tertiary alicyclic amines) is 1. The second kappa shape index (κ2) is 10.5. The van der Waals surface area contributed by atoms with Gasteiger partial charge in [-0.05, 0) is 81.3 Å². The number of piperidine rings is 1. The van der Waals surface area contributed by atoms with Gasteiger partial charge in [0.1, 0.15) is 5.82 Å². The summed E-state index contributed by atoms with van der Waals surface area (Å²) < 4.78 is 0. The first kappa shape index (κ1) is 22.1. The van der Waals surface area contributed by atoms with Crippen LogP contribution in [0.4, 0.5) is 5.82 Å². The van der Waals surface area contributed by atoms with E-state index in [4.69, 9.17) is 4.98 Å². The molecule has 0 aliphatic carbocycles. The summed E-state index contributed by atoms with van der Waals surface area (Å²) in [6, 6.07) is 13.9. The Morgan fingerprint density at radius 3 is 2.39 bits per heavy atom. The molecule has 2 fully saturated rings. The number of aryl methyl sites for hydroxylation is 1. The van der Waals surface area contributed by atoms with Crippen molar-refractivity contribution in [3.63, 3.8) is 0 Å². The molecule has 0 atom stereocenters. The number of anilines is 1. The Hall–Kier alpha value is -2.13. The van der Waals surface area contributed by atoms with Crippen LogP contribution in [0.1, 0.15) is 70.1 Å². The summed E-state index contributed by atoms with van der Waals surface area (Å²) in [4.78, 5) is 10.5. The first-order valence-corrected chi connectivity index (χ1v) is 12.4. The zero-order valence-electron chi connectivity index (χ0n) is 19.6. The van der Waals surface area contributed by atoms with Crippen LogP contribution in [0.25, 0.3) is 16.7 Å². The number of nitrogens with zero attached hydrogens (tertiary/aromatic N) is 3. The molecule has 3 heterocycles. The lowest BCUT2D eigenvalue weighted by molar-refractivity contribution is 0.207. The van der Waals surface area contributed by atoms with Gasteiger partial charge in [0.05, 0.1) is 5.69 Å². The molecule has 2 aliphatic rings. The van der Waals surface area contributed by atoms with Crippen molar-refractivity contribution in [2.45, 2.75) is 71.3 Å². The third-order valence-electron chi connectivity index (χ3n) is 7.06. The minimum Gasteiger partial charge on any atom is -0.356 e. The lowest BCUT2D eigenvalue weighted by Crippen LogP contribution is -2.44. The Labute approximate surface area is 189 Å². The minimum absolute atomic E-state index is 0.770. The highest BCUT2D eigenvalue weighted by Gasteiger charge is 2.27. The van der Waals surface area contributed by atoms with Crippen LogP contribution in [0.5, 0.6) is 0 Å². The van der Waals surface area contributed by atoms with Crippen LogP contribution in [-0.4, -0.2) is 42.1 Å². The maximum absolute atomic E-state index is 5.25. The van der Waals surface area contributed by atoms with Crippen LogP contribution < -0.4 is 4.90 Å². The highest BCUT2D eigenvalue weighted by Crippen LogP contribution is 2.35. The van der Waals surface area contributed by atoms with E-state index >= 15 is 0 Å². The van der Waals surface area contributed by atoms with E-state index < -0.39 is 0 Å². The summed E-state index contributed by atoms with van der Waals surface area (Å²) >= 11 is 0. The third kappa shape index (κ3) is 5.20. The zero-order valence-corrected chi connectivity index (χ0v) is 19.6. The molecule has 0 spiro atoms. The molecule has 2 saturated heterocycles. The predicted octanol–water partition coefficient (Wildman–Crippen LogP) is 6.58. The summed E-state index contributed by atoms with van der Waals surface area (Å²) in [5, 5.41) is 0. The number of rotatable bonds is 8. The molecule has 1 aromatic heterocycles. The topological polar surface area (TPSA) is 19.4 Å². The number of aromatic nitrogens is 1. The molecule has 1 aromatic carbocycles. The Morgan fingerprint density at radius 1 is 1.03 bits per heavy atom. The summed E-state index contributed by atoms with van der Waals surface area (Å²) in [7, 11) is 0. The summed E-state index contributed by atoms with van der Waals surface area (Å²) in [6.07, 6.45) is 10.00. The molecule has 0 radical (unpaired) electrons. The second-order valence-corrected chi connectivity index (χ2v) is 9.41. The van der Waals surface area contributed by atoms with E-state index in [1.165, 1.54) is 80.4 Å². The van der Waals surface area contributed by atoms with Crippen LogP contribution in [0.3, 0.4) is 0 Å². The summed E-state index contributed by atoms with van der Waals surface area (Å²) in [6.45, 7) is 13.6. The molecule has 0 saturated carbocycles. The molecular formula is C28H39N3. The lowest BCUT2D eigenvalue weighted by Gasteiger charge is -2.37. The normalized spacial score (nSPS) is 17.9. The van der Waals surface area contributed by atoms with E-state index in [9.17, 15) is 0 Å². The van der Waals surface area contributed by atoms with E-state index in [1.807, 2.05) is 0 Å². The number of hydrogen-bond donors (Lipinski definition) is 0. The van der Waals surface area contributed by atoms with Gasteiger partial charge in [-0.15, -0.1) is 0 Å². The molecule has 2 aliphatic heterocycles. The molecule has 31 heavy (non-hydrogen) atoms. The van der Waals surface area contributed by atoms with Crippen LogP contribution >= 0.6 is 0 Å². The zero-order chi connectivity index (χ0) is 21.6. The third-order valence-corrected chi connectivity index (χ3v) is 7.06. The summed E-state index contributed by atoms with van der Waals surface area (Å²) in [5.74, 6) is 1.16. The monoisotopic (exact) mass is 417 g/mol. The average Bonchev–Trinajstić information content (AvgIpc) is 3.34. The van der Waals surface area contributed by atoms with Crippen molar-refractivity contribution in [3.05, 3.63) is 54.2 Å². The Morgan fingerprint density at radius 2 is 1.74 bits per heavy atom. The predicted molar refractivity (Wildman–Crippen MR) is 134 cm³/mol. The highest BCUT2D eigenvalue weighted by molar-refractivity contribution is 5.83. The molecule has 0 N–H and O–H groups in total. The van der Waals surface area contributed by atoms with Crippen molar-refractivity contribution >= 4 is 11.4 Å². The molecule has 3 nitrogen and oxygen atoms in total. The van der Waals surface area contributed by atoms with Crippen molar-refractivity contribution in [1.82, 2.24) is 9.88 Å². The quantitative estimate of drug-likeness (QED) is 0.452. The number of benzene rings is 1. The molecule has 0 amide bonds.